The van der Waals surface area contributed by atoms with Crippen LogP contribution in [0.25, 0.3) is 77.2 Å². The third-order valence-electron chi connectivity index (χ3n) is 11.3. The molecule has 57 heavy (non-hydrogen) atoms. The molecule has 0 aliphatic heterocycles. The van der Waals surface area contributed by atoms with Crippen molar-refractivity contribution in [1.82, 2.24) is 9.13 Å². The van der Waals surface area contributed by atoms with E-state index >= 15 is 0 Å². The van der Waals surface area contributed by atoms with Crippen molar-refractivity contribution >= 4 is 60.7 Å². The average Bonchev–Trinajstić information content (AvgIpc) is 3.81. The minimum atomic E-state index is 1.08. The van der Waals surface area contributed by atoms with Gasteiger partial charge < -0.3 is 14.0 Å². The van der Waals surface area contributed by atoms with Crippen LogP contribution in [0.1, 0.15) is 0 Å². The zero-order valence-electron chi connectivity index (χ0n) is 31.2. The maximum Gasteiger partial charge on any atom is 0.0619 e. The van der Waals surface area contributed by atoms with Crippen molar-refractivity contribution in [2.24, 2.45) is 0 Å². The summed E-state index contributed by atoms with van der Waals surface area (Å²) in [4.78, 5) is 2.41. The van der Waals surface area contributed by atoms with Crippen LogP contribution < -0.4 is 4.90 Å². The highest BCUT2D eigenvalue weighted by Crippen LogP contribution is 2.44. The molecule has 3 nitrogen and oxygen atoms in total. The Morgan fingerprint density at radius 1 is 0.298 bits per heavy atom. The number of para-hydroxylation sites is 6. The van der Waals surface area contributed by atoms with Gasteiger partial charge >= 0.3 is 0 Å². The van der Waals surface area contributed by atoms with E-state index in [0.29, 0.717) is 0 Å². The summed E-state index contributed by atoms with van der Waals surface area (Å²) in [5.74, 6) is 0. The van der Waals surface area contributed by atoms with Crippen LogP contribution in [-0.2, 0) is 0 Å². The zero-order chi connectivity index (χ0) is 37.7. The Morgan fingerprint density at radius 2 is 0.789 bits per heavy atom. The van der Waals surface area contributed by atoms with Crippen LogP contribution in [-0.4, -0.2) is 9.13 Å². The fraction of sp³-hybridized carbons (Fsp3) is 0. The molecule has 2 aromatic heterocycles. The Kier molecular flexibility index (Phi) is 7.82. The van der Waals surface area contributed by atoms with Crippen LogP contribution in [0, 0.1) is 0 Å². The molecular weight excluding hydrogens is 691 g/mol. The van der Waals surface area contributed by atoms with E-state index in [9.17, 15) is 0 Å². The van der Waals surface area contributed by atoms with Gasteiger partial charge in [0.05, 0.1) is 27.8 Å². The first-order valence-electron chi connectivity index (χ1n) is 19.5. The van der Waals surface area contributed by atoms with Gasteiger partial charge in [-0.1, -0.05) is 152 Å². The number of hydrogen-bond donors (Lipinski definition) is 0. The molecule has 0 amide bonds. The number of fused-ring (bicyclic) bond motifs is 6. The fourth-order valence-corrected chi connectivity index (χ4v) is 8.82. The Bertz CT molecular complexity index is 3170. The summed E-state index contributed by atoms with van der Waals surface area (Å²) in [5.41, 5.74) is 15.0. The molecule has 2 heterocycles. The highest BCUT2D eigenvalue weighted by atomic mass is 15.1. The van der Waals surface area contributed by atoms with Crippen LogP contribution in [0.3, 0.4) is 0 Å². The minimum Gasteiger partial charge on any atom is -0.310 e. The van der Waals surface area contributed by atoms with Crippen LogP contribution >= 0.6 is 0 Å². The van der Waals surface area contributed by atoms with Gasteiger partial charge in [-0.05, 0) is 83.9 Å². The van der Waals surface area contributed by atoms with E-state index in [1.807, 2.05) is 0 Å². The lowest BCUT2D eigenvalue weighted by Crippen LogP contribution is -2.11. The SMILES string of the molecule is c1ccc(-c2ccccc2N(c2ccc(-n3c4ccccc4c4ccccc43)cc2)c2cccc(-c3cccc4c5ccccc5n(-c5ccccc5)c34)c2)cc1. The van der Waals surface area contributed by atoms with Crippen molar-refractivity contribution in [3.8, 4) is 33.6 Å². The second-order valence-electron chi connectivity index (χ2n) is 14.5. The van der Waals surface area contributed by atoms with Crippen LogP contribution in [0.4, 0.5) is 17.1 Å². The highest BCUT2D eigenvalue weighted by molar-refractivity contribution is 6.14. The lowest BCUT2D eigenvalue weighted by Gasteiger charge is -2.28. The number of nitrogens with zero attached hydrogens (tertiary/aromatic N) is 3. The largest absolute Gasteiger partial charge is 0.310 e. The Hall–Kier alpha value is -7.62. The third kappa shape index (κ3) is 5.43. The summed E-state index contributed by atoms with van der Waals surface area (Å²) >= 11 is 0. The molecule has 11 rings (SSSR count). The Labute approximate surface area is 331 Å². The van der Waals surface area contributed by atoms with E-state index in [1.54, 1.807) is 0 Å². The number of aromatic nitrogens is 2. The average molecular weight is 728 g/mol. The molecule has 268 valence electrons. The molecule has 0 atom stereocenters. The smallest absolute Gasteiger partial charge is 0.0619 e. The number of benzene rings is 9. The van der Waals surface area contributed by atoms with Gasteiger partial charge in [0, 0.05) is 55.4 Å². The lowest BCUT2D eigenvalue weighted by molar-refractivity contribution is 1.17. The quantitative estimate of drug-likeness (QED) is 0.159. The van der Waals surface area contributed by atoms with Gasteiger partial charge in [0.1, 0.15) is 0 Å². The van der Waals surface area contributed by atoms with Crippen LogP contribution in [0.5, 0.6) is 0 Å². The first-order valence-corrected chi connectivity index (χ1v) is 19.5. The van der Waals surface area contributed by atoms with Gasteiger partial charge in [0.25, 0.3) is 0 Å². The monoisotopic (exact) mass is 727 g/mol. The van der Waals surface area contributed by atoms with Crippen LogP contribution in [0.2, 0.25) is 0 Å². The van der Waals surface area contributed by atoms with Crippen LogP contribution in [0.15, 0.2) is 224 Å². The van der Waals surface area contributed by atoms with Gasteiger partial charge in [-0.15, -0.1) is 0 Å². The van der Waals surface area contributed by atoms with E-state index in [-0.39, 0.29) is 0 Å². The van der Waals surface area contributed by atoms with Gasteiger partial charge in [0.2, 0.25) is 0 Å². The molecule has 0 bridgehead atoms. The molecule has 0 N–H and O–H groups in total. The molecule has 0 fully saturated rings. The third-order valence-corrected chi connectivity index (χ3v) is 11.3. The summed E-state index contributed by atoms with van der Waals surface area (Å²) < 4.78 is 4.80. The van der Waals surface area contributed by atoms with Crippen molar-refractivity contribution in [3.05, 3.63) is 224 Å². The molecule has 0 saturated heterocycles. The molecule has 0 saturated carbocycles. The second kappa shape index (κ2) is 13.6. The van der Waals surface area contributed by atoms with Crippen molar-refractivity contribution < 1.29 is 0 Å². The summed E-state index contributed by atoms with van der Waals surface area (Å²) in [6.45, 7) is 0. The summed E-state index contributed by atoms with van der Waals surface area (Å²) in [6, 6.07) is 81.1. The molecule has 0 unspecified atom stereocenters. The standard InChI is InChI=1S/C54H37N3/c1-3-17-38(18-4-1)44-23-7-11-29-50(44)55(41-33-35-42(36-34-41)56-51-30-12-8-24-46(51)47-25-9-13-31-52(47)56)43-22-15-19-39(37-43)45-27-16-28-49-48-26-10-14-32-53(48)57(54(45)49)40-20-5-2-6-21-40/h1-37H. The molecule has 0 radical (unpaired) electrons. The normalized spacial score (nSPS) is 11.5. The van der Waals surface area contributed by atoms with E-state index < -0.39 is 0 Å². The summed E-state index contributed by atoms with van der Waals surface area (Å²) in [6.07, 6.45) is 0. The second-order valence-corrected chi connectivity index (χ2v) is 14.5. The molecular formula is C54H37N3. The van der Waals surface area contributed by atoms with Crippen molar-refractivity contribution in [3.63, 3.8) is 0 Å². The Balaban J connectivity index is 1.11. The highest BCUT2D eigenvalue weighted by Gasteiger charge is 2.21. The first-order chi connectivity index (χ1) is 28.3. The fourth-order valence-electron chi connectivity index (χ4n) is 8.82. The number of rotatable bonds is 7. The maximum absolute atomic E-state index is 2.42. The first kappa shape index (κ1) is 32.8. The molecule has 0 aliphatic carbocycles. The lowest BCUT2D eigenvalue weighted by atomic mass is 9.99. The summed E-state index contributed by atoms with van der Waals surface area (Å²) in [7, 11) is 0. The van der Waals surface area contributed by atoms with Crippen molar-refractivity contribution in [2.75, 3.05) is 4.90 Å². The molecule has 3 heteroatoms. The van der Waals surface area contributed by atoms with Gasteiger partial charge in [-0.3, -0.25) is 0 Å². The molecule has 9 aromatic carbocycles. The zero-order valence-corrected chi connectivity index (χ0v) is 31.2. The topological polar surface area (TPSA) is 13.1 Å². The summed E-state index contributed by atoms with van der Waals surface area (Å²) in [5, 5.41) is 5.00. The van der Waals surface area contributed by atoms with E-state index in [1.165, 1.54) is 60.3 Å². The van der Waals surface area contributed by atoms with E-state index in [0.717, 1.165) is 34.0 Å². The van der Waals surface area contributed by atoms with Crippen molar-refractivity contribution in [1.29, 1.82) is 0 Å². The Morgan fingerprint density at radius 3 is 1.49 bits per heavy atom. The van der Waals surface area contributed by atoms with E-state index in [2.05, 4.69) is 238 Å². The molecule has 0 aliphatic rings. The van der Waals surface area contributed by atoms with Gasteiger partial charge in [0.15, 0.2) is 0 Å². The van der Waals surface area contributed by atoms with Gasteiger partial charge in [-0.2, -0.15) is 0 Å². The van der Waals surface area contributed by atoms with Crippen molar-refractivity contribution in [2.45, 2.75) is 0 Å². The maximum atomic E-state index is 2.42. The minimum absolute atomic E-state index is 1.08. The van der Waals surface area contributed by atoms with E-state index in [4.69, 9.17) is 0 Å². The number of hydrogen-bond acceptors (Lipinski definition) is 1. The van der Waals surface area contributed by atoms with Gasteiger partial charge in [-0.25, -0.2) is 0 Å². The molecule has 0 spiro atoms. The predicted octanol–water partition coefficient (Wildman–Crippen LogP) is 14.7. The molecule has 11 aromatic rings. The number of anilines is 3. The predicted molar refractivity (Wildman–Crippen MR) is 241 cm³/mol.